The molecule has 1 saturated heterocycles. The normalized spacial score (nSPS) is 15.7. The van der Waals surface area contributed by atoms with Crippen LogP contribution in [0.1, 0.15) is 24.0 Å². The molecular weight excluding hydrogens is 558 g/mol. The molecule has 1 amide bonds. The summed E-state index contributed by atoms with van der Waals surface area (Å²) in [5.41, 5.74) is 3.90. The second-order valence-corrected chi connectivity index (χ2v) is 11.2. The van der Waals surface area contributed by atoms with E-state index in [1.54, 1.807) is 44.6 Å². The lowest BCUT2D eigenvalue weighted by molar-refractivity contribution is -0.124. The smallest absolute Gasteiger partial charge is 0.258 e. The van der Waals surface area contributed by atoms with Crippen LogP contribution in [0.15, 0.2) is 70.7 Å². The molecule has 0 saturated carbocycles. The zero-order chi connectivity index (χ0) is 28.7. The van der Waals surface area contributed by atoms with Gasteiger partial charge < -0.3 is 18.9 Å². The number of nitrogens with zero attached hydrogens (tertiary/aromatic N) is 2. The van der Waals surface area contributed by atoms with Crippen LogP contribution in [0.4, 0.5) is 0 Å². The van der Waals surface area contributed by atoms with E-state index in [2.05, 4.69) is 10.5 Å². The monoisotopic (exact) mass is 587 g/mol. The van der Waals surface area contributed by atoms with Crippen LogP contribution in [-0.2, 0) is 21.4 Å². The number of hydrogen-bond donors (Lipinski definition) is 1. The van der Waals surface area contributed by atoms with Crippen LogP contribution < -0.4 is 24.4 Å². The van der Waals surface area contributed by atoms with Crippen LogP contribution in [0.3, 0.4) is 0 Å². The summed E-state index contributed by atoms with van der Waals surface area (Å²) in [6, 6.07) is 15.6. The maximum atomic E-state index is 13.1. The van der Waals surface area contributed by atoms with Gasteiger partial charge in [-0.3, -0.25) is 4.79 Å². The molecular formula is C28H30ClN3O7S. The predicted octanol–water partition coefficient (Wildman–Crippen LogP) is 4.25. The van der Waals surface area contributed by atoms with Crippen molar-refractivity contribution in [1.29, 1.82) is 0 Å². The predicted molar refractivity (Wildman–Crippen MR) is 151 cm³/mol. The van der Waals surface area contributed by atoms with Crippen molar-refractivity contribution < 1.29 is 32.2 Å². The Morgan fingerprint density at radius 1 is 1.00 bits per heavy atom. The van der Waals surface area contributed by atoms with Crippen molar-refractivity contribution in [2.24, 2.45) is 5.10 Å². The Labute approximate surface area is 238 Å². The first-order valence-corrected chi connectivity index (χ1v) is 14.2. The number of sulfonamides is 1. The number of benzene rings is 3. The van der Waals surface area contributed by atoms with Gasteiger partial charge >= 0.3 is 0 Å². The van der Waals surface area contributed by atoms with Crippen LogP contribution in [0, 0.1) is 0 Å². The standard InChI is InChI=1S/C28H30ClN3O7S/c1-36-22-9-13-25(37-2)20(16-22)18-39-26-12-6-19(15-27(26)38-3)17-30-31-28(33)24-5-4-14-32(24)40(34,35)23-10-7-21(29)8-11-23/h6-13,15-17,24H,4-5,14,18H2,1-3H3,(H,31,33)/b30-17-/t24-/m0/s1. The van der Waals surface area contributed by atoms with Gasteiger partial charge in [0, 0.05) is 17.1 Å². The van der Waals surface area contributed by atoms with Gasteiger partial charge in [0.2, 0.25) is 10.0 Å². The summed E-state index contributed by atoms with van der Waals surface area (Å²) in [7, 11) is 0.836. The molecule has 1 fully saturated rings. The van der Waals surface area contributed by atoms with Crippen LogP contribution >= 0.6 is 11.6 Å². The van der Waals surface area contributed by atoms with Crippen LogP contribution in [0.5, 0.6) is 23.0 Å². The van der Waals surface area contributed by atoms with E-state index in [9.17, 15) is 13.2 Å². The van der Waals surface area contributed by atoms with Crippen molar-refractivity contribution in [1.82, 2.24) is 9.73 Å². The Morgan fingerprint density at radius 3 is 2.42 bits per heavy atom. The quantitative estimate of drug-likeness (QED) is 0.263. The second kappa shape index (κ2) is 13.0. The zero-order valence-electron chi connectivity index (χ0n) is 22.3. The lowest BCUT2D eigenvalue weighted by atomic mass is 10.2. The Bertz CT molecular complexity index is 1480. The van der Waals surface area contributed by atoms with E-state index in [0.717, 1.165) is 5.56 Å². The Morgan fingerprint density at radius 2 is 1.73 bits per heavy atom. The number of carbonyl (C=O) groups excluding carboxylic acids is 1. The van der Waals surface area contributed by atoms with E-state index >= 15 is 0 Å². The fraction of sp³-hybridized carbons (Fsp3) is 0.286. The summed E-state index contributed by atoms with van der Waals surface area (Å²) in [5.74, 6) is 1.81. The summed E-state index contributed by atoms with van der Waals surface area (Å²) in [6.07, 6.45) is 2.41. The van der Waals surface area contributed by atoms with Gasteiger partial charge in [-0.25, -0.2) is 13.8 Å². The maximum Gasteiger partial charge on any atom is 0.258 e. The highest BCUT2D eigenvalue weighted by Crippen LogP contribution is 2.31. The number of carbonyl (C=O) groups is 1. The molecule has 0 aromatic heterocycles. The molecule has 12 heteroatoms. The minimum Gasteiger partial charge on any atom is -0.497 e. The van der Waals surface area contributed by atoms with Crippen molar-refractivity contribution in [3.8, 4) is 23.0 Å². The third-order valence-electron chi connectivity index (χ3n) is 6.37. The fourth-order valence-corrected chi connectivity index (χ4v) is 6.09. The van der Waals surface area contributed by atoms with Gasteiger partial charge in [-0.05, 0) is 79.1 Å². The van der Waals surface area contributed by atoms with E-state index in [4.69, 9.17) is 30.5 Å². The Kier molecular flexibility index (Phi) is 9.51. The van der Waals surface area contributed by atoms with Gasteiger partial charge in [0.1, 0.15) is 24.1 Å². The minimum absolute atomic E-state index is 0.0827. The number of hydrogen-bond acceptors (Lipinski definition) is 8. The van der Waals surface area contributed by atoms with E-state index < -0.39 is 22.0 Å². The van der Waals surface area contributed by atoms with Crippen LogP contribution in [0.2, 0.25) is 5.02 Å². The first-order chi connectivity index (χ1) is 19.3. The molecule has 1 aliphatic rings. The van der Waals surface area contributed by atoms with E-state index in [0.29, 0.717) is 46.4 Å². The van der Waals surface area contributed by atoms with Crippen molar-refractivity contribution in [2.45, 2.75) is 30.4 Å². The summed E-state index contributed by atoms with van der Waals surface area (Å²) in [4.78, 5) is 12.9. The molecule has 1 heterocycles. The molecule has 1 aliphatic heterocycles. The molecule has 0 aliphatic carbocycles. The molecule has 3 aromatic rings. The van der Waals surface area contributed by atoms with Crippen molar-refractivity contribution in [3.05, 3.63) is 76.8 Å². The van der Waals surface area contributed by atoms with E-state index in [1.165, 1.54) is 41.9 Å². The highest BCUT2D eigenvalue weighted by atomic mass is 35.5. The minimum atomic E-state index is -3.86. The third-order valence-corrected chi connectivity index (χ3v) is 8.55. The highest BCUT2D eigenvalue weighted by Gasteiger charge is 2.39. The summed E-state index contributed by atoms with van der Waals surface area (Å²) in [5, 5.41) is 4.47. The number of nitrogens with one attached hydrogen (secondary N) is 1. The molecule has 0 spiro atoms. The Balaban J connectivity index is 1.40. The molecule has 212 valence electrons. The van der Waals surface area contributed by atoms with Crippen LogP contribution in [0.25, 0.3) is 0 Å². The lowest BCUT2D eigenvalue weighted by Crippen LogP contribution is -2.44. The third kappa shape index (κ3) is 6.67. The molecule has 1 atom stereocenters. The first kappa shape index (κ1) is 29.2. The van der Waals surface area contributed by atoms with Gasteiger partial charge in [-0.2, -0.15) is 9.41 Å². The van der Waals surface area contributed by atoms with Gasteiger partial charge in [-0.15, -0.1) is 0 Å². The topological polar surface area (TPSA) is 116 Å². The van der Waals surface area contributed by atoms with Gasteiger partial charge in [0.05, 0.1) is 32.4 Å². The van der Waals surface area contributed by atoms with Crippen LogP contribution in [-0.4, -0.2) is 58.8 Å². The molecule has 40 heavy (non-hydrogen) atoms. The van der Waals surface area contributed by atoms with Gasteiger partial charge in [0.25, 0.3) is 5.91 Å². The number of amides is 1. The number of methoxy groups -OCH3 is 3. The molecule has 3 aromatic carbocycles. The largest absolute Gasteiger partial charge is 0.497 e. The average Bonchev–Trinajstić information content (AvgIpc) is 3.48. The summed E-state index contributed by atoms with van der Waals surface area (Å²) >= 11 is 5.89. The zero-order valence-corrected chi connectivity index (χ0v) is 23.9. The molecule has 10 nitrogen and oxygen atoms in total. The lowest BCUT2D eigenvalue weighted by Gasteiger charge is -2.22. The van der Waals surface area contributed by atoms with E-state index in [1.807, 2.05) is 6.07 Å². The average molecular weight is 588 g/mol. The fourth-order valence-electron chi connectivity index (χ4n) is 4.31. The summed E-state index contributed by atoms with van der Waals surface area (Å²) in [6.45, 7) is 0.462. The van der Waals surface area contributed by atoms with Crippen molar-refractivity contribution in [3.63, 3.8) is 0 Å². The molecule has 4 rings (SSSR count). The van der Waals surface area contributed by atoms with Crippen molar-refractivity contribution in [2.75, 3.05) is 27.9 Å². The number of hydrazone groups is 1. The molecule has 1 N–H and O–H groups in total. The van der Waals surface area contributed by atoms with Crippen molar-refractivity contribution >= 4 is 33.7 Å². The number of halogens is 1. The second-order valence-electron chi connectivity index (χ2n) is 8.84. The molecule has 0 bridgehead atoms. The summed E-state index contributed by atoms with van der Waals surface area (Å²) < 4.78 is 49.5. The number of ether oxygens (including phenoxy) is 4. The van der Waals surface area contributed by atoms with E-state index in [-0.39, 0.29) is 18.0 Å². The molecule has 0 radical (unpaired) electrons. The first-order valence-electron chi connectivity index (χ1n) is 12.4. The number of rotatable bonds is 11. The maximum absolute atomic E-state index is 13.1. The SMILES string of the molecule is COc1ccc(OC)c(COc2ccc(/C=N\NC(=O)[C@@H]3CCCN3S(=O)(=O)c3ccc(Cl)cc3)cc2OC)c1. The van der Waals surface area contributed by atoms with Gasteiger partial charge in [0.15, 0.2) is 11.5 Å². The highest BCUT2D eigenvalue weighted by molar-refractivity contribution is 7.89. The molecule has 0 unspecified atom stereocenters. The van der Waals surface area contributed by atoms with Gasteiger partial charge in [-0.1, -0.05) is 11.6 Å². The Hall–Kier alpha value is -3.80.